The van der Waals surface area contributed by atoms with Crippen LogP contribution in [0.4, 0.5) is 5.82 Å². The molecule has 6 heteroatoms. The molecule has 0 spiro atoms. The van der Waals surface area contributed by atoms with Crippen LogP contribution in [0.15, 0.2) is 18.5 Å². The number of halogens is 1. The molecule has 0 atom stereocenters. The van der Waals surface area contributed by atoms with Gasteiger partial charge in [-0.25, -0.2) is 9.97 Å². The zero-order valence-corrected chi connectivity index (χ0v) is 11.3. The van der Waals surface area contributed by atoms with Crippen molar-refractivity contribution in [3.05, 3.63) is 22.0 Å². The van der Waals surface area contributed by atoms with Gasteiger partial charge in [-0.1, -0.05) is 0 Å². The summed E-state index contributed by atoms with van der Waals surface area (Å²) < 4.78 is 2.75. The number of anilines is 1. The first-order valence-corrected chi connectivity index (χ1v) is 6.05. The Morgan fingerprint density at radius 3 is 2.94 bits per heavy atom. The standard InChI is InChI=1S/C10H12IN5/c1-3-12-9-7(11)6-13-10(14-9)8-4-5-16(2)15-8/h4-6H,3H2,1-2H3,(H,12,13,14). The maximum Gasteiger partial charge on any atom is 0.182 e. The molecule has 0 fully saturated rings. The lowest BCUT2D eigenvalue weighted by Crippen LogP contribution is -2.04. The van der Waals surface area contributed by atoms with Crippen LogP contribution < -0.4 is 5.32 Å². The molecule has 0 radical (unpaired) electrons. The summed E-state index contributed by atoms with van der Waals surface area (Å²) >= 11 is 2.21. The second-order valence-electron chi connectivity index (χ2n) is 3.30. The Morgan fingerprint density at radius 2 is 2.31 bits per heavy atom. The molecule has 0 saturated carbocycles. The van der Waals surface area contributed by atoms with Crippen LogP contribution in [0.3, 0.4) is 0 Å². The molecule has 2 heterocycles. The Bertz CT molecular complexity index is 494. The number of aromatic nitrogens is 4. The molecule has 0 amide bonds. The molecule has 2 aromatic rings. The highest BCUT2D eigenvalue weighted by Crippen LogP contribution is 2.18. The Morgan fingerprint density at radius 1 is 1.50 bits per heavy atom. The smallest absolute Gasteiger partial charge is 0.182 e. The third kappa shape index (κ3) is 2.31. The van der Waals surface area contributed by atoms with E-state index in [1.165, 1.54) is 0 Å². The van der Waals surface area contributed by atoms with Crippen LogP contribution in [0.1, 0.15) is 6.92 Å². The number of rotatable bonds is 3. The van der Waals surface area contributed by atoms with E-state index >= 15 is 0 Å². The van der Waals surface area contributed by atoms with E-state index in [0.717, 1.165) is 21.6 Å². The Kier molecular flexibility index (Phi) is 3.37. The molecule has 2 rings (SSSR count). The molecule has 0 aromatic carbocycles. The van der Waals surface area contributed by atoms with Gasteiger partial charge in [-0.3, -0.25) is 4.68 Å². The van der Waals surface area contributed by atoms with Crippen LogP contribution in [-0.4, -0.2) is 26.3 Å². The molecule has 1 N–H and O–H groups in total. The second kappa shape index (κ2) is 4.77. The summed E-state index contributed by atoms with van der Waals surface area (Å²) in [6.07, 6.45) is 3.68. The number of nitrogens with zero attached hydrogens (tertiary/aromatic N) is 4. The zero-order chi connectivity index (χ0) is 11.5. The van der Waals surface area contributed by atoms with E-state index in [0.29, 0.717) is 5.82 Å². The molecule has 0 bridgehead atoms. The van der Waals surface area contributed by atoms with Crippen molar-refractivity contribution in [2.45, 2.75) is 6.92 Å². The number of aryl methyl sites for hydroxylation is 1. The lowest BCUT2D eigenvalue weighted by Gasteiger charge is -2.05. The van der Waals surface area contributed by atoms with E-state index in [1.807, 2.05) is 26.2 Å². The maximum atomic E-state index is 4.44. The zero-order valence-electron chi connectivity index (χ0n) is 9.11. The predicted molar refractivity (Wildman–Crippen MR) is 71.1 cm³/mol. The number of hydrogen-bond donors (Lipinski definition) is 1. The van der Waals surface area contributed by atoms with Crippen molar-refractivity contribution in [1.82, 2.24) is 19.7 Å². The Balaban J connectivity index is 2.39. The SMILES string of the molecule is CCNc1nc(-c2ccn(C)n2)ncc1I. The monoisotopic (exact) mass is 329 g/mol. The molecular weight excluding hydrogens is 317 g/mol. The lowest BCUT2D eigenvalue weighted by molar-refractivity contribution is 0.768. The highest BCUT2D eigenvalue weighted by atomic mass is 127. The molecule has 0 aliphatic carbocycles. The first-order chi connectivity index (χ1) is 7.70. The molecular formula is C10H12IN5. The first kappa shape index (κ1) is 11.3. The molecule has 0 unspecified atom stereocenters. The van der Waals surface area contributed by atoms with Crippen molar-refractivity contribution < 1.29 is 0 Å². The van der Waals surface area contributed by atoms with Crippen LogP contribution >= 0.6 is 22.6 Å². The Hall–Kier alpha value is -1.18. The topological polar surface area (TPSA) is 55.6 Å². The molecule has 5 nitrogen and oxygen atoms in total. The van der Waals surface area contributed by atoms with Gasteiger partial charge in [0.2, 0.25) is 0 Å². The summed E-state index contributed by atoms with van der Waals surface area (Å²) in [5.74, 6) is 1.51. The second-order valence-corrected chi connectivity index (χ2v) is 4.46. The Labute approximate surface area is 107 Å². The van der Waals surface area contributed by atoms with Crippen molar-refractivity contribution in [3.8, 4) is 11.5 Å². The largest absolute Gasteiger partial charge is 0.369 e. The van der Waals surface area contributed by atoms with Gasteiger partial charge in [0.1, 0.15) is 11.5 Å². The predicted octanol–water partition coefficient (Wildman–Crippen LogP) is 1.91. The first-order valence-electron chi connectivity index (χ1n) is 4.97. The van der Waals surface area contributed by atoms with Crippen molar-refractivity contribution in [3.63, 3.8) is 0 Å². The van der Waals surface area contributed by atoms with Crippen molar-refractivity contribution in [2.75, 3.05) is 11.9 Å². The van der Waals surface area contributed by atoms with Crippen molar-refractivity contribution >= 4 is 28.4 Å². The summed E-state index contributed by atoms with van der Waals surface area (Å²) in [6.45, 7) is 2.88. The van der Waals surface area contributed by atoms with Gasteiger partial charge in [-0.05, 0) is 35.6 Å². The maximum absolute atomic E-state index is 4.44. The van der Waals surface area contributed by atoms with Crippen LogP contribution in [-0.2, 0) is 7.05 Å². The molecule has 84 valence electrons. The third-order valence-electron chi connectivity index (χ3n) is 2.03. The summed E-state index contributed by atoms with van der Waals surface area (Å²) in [4.78, 5) is 8.71. The minimum Gasteiger partial charge on any atom is -0.369 e. The third-order valence-corrected chi connectivity index (χ3v) is 2.82. The van der Waals surface area contributed by atoms with Gasteiger partial charge >= 0.3 is 0 Å². The quantitative estimate of drug-likeness (QED) is 0.874. The fraction of sp³-hybridized carbons (Fsp3) is 0.300. The average Bonchev–Trinajstić information content (AvgIpc) is 2.69. The minimum atomic E-state index is 0.650. The highest BCUT2D eigenvalue weighted by Gasteiger charge is 2.08. The molecule has 0 aliphatic heterocycles. The fourth-order valence-electron chi connectivity index (χ4n) is 1.32. The minimum absolute atomic E-state index is 0.650. The average molecular weight is 329 g/mol. The lowest BCUT2D eigenvalue weighted by atomic mass is 10.4. The summed E-state index contributed by atoms with van der Waals surface area (Å²) in [7, 11) is 1.88. The summed E-state index contributed by atoms with van der Waals surface area (Å²) in [5, 5.41) is 7.47. The van der Waals surface area contributed by atoms with Crippen LogP contribution in [0.25, 0.3) is 11.5 Å². The summed E-state index contributed by atoms with van der Waals surface area (Å²) in [6, 6.07) is 1.90. The van der Waals surface area contributed by atoms with Crippen LogP contribution in [0.2, 0.25) is 0 Å². The van der Waals surface area contributed by atoms with Gasteiger partial charge in [0.05, 0.1) is 3.57 Å². The molecule has 0 saturated heterocycles. The molecule has 16 heavy (non-hydrogen) atoms. The van der Waals surface area contributed by atoms with Crippen LogP contribution in [0.5, 0.6) is 0 Å². The summed E-state index contributed by atoms with van der Waals surface area (Å²) in [5.41, 5.74) is 0.790. The molecule has 0 aliphatic rings. The van der Waals surface area contributed by atoms with E-state index in [-0.39, 0.29) is 0 Å². The highest BCUT2D eigenvalue weighted by molar-refractivity contribution is 14.1. The van der Waals surface area contributed by atoms with Gasteiger partial charge in [0, 0.05) is 26.0 Å². The fourth-order valence-corrected chi connectivity index (χ4v) is 1.77. The van der Waals surface area contributed by atoms with Gasteiger partial charge in [-0.2, -0.15) is 5.10 Å². The van der Waals surface area contributed by atoms with E-state index in [4.69, 9.17) is 0 Å². The number of nitrogens with one attached hydrogen (secondary N) is 1. The van der Waals surface area contributed by atoms with Gasteiger partial charge in [0.25, 0.3) is 0 Å². The van der Waals surface area contributed by atoms with E-state index in [1.54, 1.807) is 10.9 Å². The normalized spacial score (nSPS) is 10.4. The van der Waals surface area contributed by atoms with Gasteiger partial charge in [-0.15, -0.1) is 0 Å². The van der Waals surface area contributed by atoms with E-state index < -0.39 is 0 Å². The van der Waals surface area contributed by atoms with Crippen molar-refractivity contribution in [1.29, 1.82) is 0 Å². The number of hydrogen-bond acceptors (Lipinski definition) is 4. The van der Waals surface area contributed by atoms with Gasteiger partial charge < -0.3 is 5.32 Å². The van der Waals surface area contributed by atoms with Crippen molar-refractivity contribution in [2.24, 2.45) is 7.05 Å². The molecule has 2 aromatic heterocycles. The van der Waals surface area contributed by atoms with E-state index in [2.05, 4.69) is 43.0 Å². The van der Waals surface area contributed by atoms with Gasteiger partial charge in [0.15, 0.2) is 5.82 Å². The van der Waals surface area contributed by atoms with Crippen LogP contribution in [0, 0.1) is 3.57 Å². The van der Waals surface area contributed by atoms with E-state index in [9.17, 15) is 0 Å².